The Kier molecular flexibility index (Phi) is 7.53. The summed E-state index contributed by atoms with van der Waals surface area (Å²) in [4.78, 5) is 53.3. The van der Waals surface area contributed by atoms with E-state index in [4.69, 9.17) is 9.47 Å². The molecule has 0 radical (unpaired) electrons. The van der Waals surface area contributed by atoms with E-state index in [2.05, 4.69) is 4.74 Å². The summed E-state index contributed by atoms with van der Waals surface area (Å²) in [6.45, 7) is 6.33. The quantitative estimate of drug-likeness (QED) is 0.289. The van der Waals surface area contributed by atoms with Crippen molar-refractivity contribution in [2.75, 3.05) is 19.1 Å². The lowest BCUT2D eigenvalue weighted by Gasteiger charge is -2.29. The molecule has 1 atom stereocenters. The third-order valence-corrected chi connectivity index (χ3v) is 8.63. The molecular formula is C30H29NO9S. The maximum Gasteiger partial charge on any atom is 0.421 e. The number of carbonyl (C=O) groups excluding carboxylic acids is 4. The molecule has 2 aromatic rings. The first kappa shape index (κ1) is 29.5. The molecule has 214 valence electrons. The lowest BCUT2D eigenvalue weighted by Crippen LogP contribution is -2.47. The number of allylic oxidation sites excluding steroid dienone is 1. The van der Waals surface area contributed by atoms with E-state index in [0.29, 0.717) is 5.56 Å². The number of hydrogen-bond donors (Lipinski definition) is 0. The molecule has 1 aliphatic carbocycles. The maximum atomic E-state index is 14.4. The largest absolute Gasteiger partial charge is 0.466 e. The minimum Gasteiger partial charge on any atom is -0.466 e. The van der Waals surface area contributed by atoms with E-state index in [-0.39, 0.29) is 32.2 Å². The van der Waals surface area contributed by atoms with Crippen molar-refractivity contribution in [1.29, 1.82) is 0 Å². The second kappa shape index (κ2) is 10.5. The summed E-state index contributed by atoms with van der Waals surface area (Å²) in [5, 5.41) is 0. The summed E-state index contributed by atoms with van der Waals surface area (Å²) in [5.74, 6) is -2.48. The van der Waals surface area contributed by atoms with Gasteiger partial charge in [0.05, 0.1) is 35.3 Å². The summed E-state index contributed by atoms with van der Waals surface area (Å²) >= 11 is 0. The third-order valence-electron chi connectivity index (χ3n) is 6.74. The summed E-state index contributed by atoms with van der Waals surface area (Å²) in [7, 11) is -1.89. The Morgan fingerprint density at radius 2 is 1.63 bits per heavy atom. The fraction of sp³-hybridized carbons (Fsp3) is 0.267. The van der Waals surface area contributed by atoms with Gasteiger partial charge < -0.3 is 14.2 Å². The SMILES string of the molecule is COC(=O)/C=C/c1ccc2c(c1)[C@@]1(C(=O)N2C(=O)OC(C)(C)C)C(C(=O)OC)=CC(S(=O)(=O)c2ccccc2)=C1C. The first-order valence-electron chi connectivity index (χ1n) is 12.5. The van der Waals surface area contributed by atoms with Crippen LogP contribution in [0.25, 0.3) is 6.08 Å². The zero-order valence-corrected chi connectivity index (χ0v) is 24.2. The van der Waals surface area contributed by atoms with Crippen LogP contribution in [-0.2, 0) is 43.8 Å². The van der Waals surface area contributed by atoms with Crippen LogP contribution in [0.4, 0.5) is 10.5 Å². The summed E-state index contributed by atoms with van der Waals surface area (Å²) in [6, 6.07) is 12.1. The molecule has 1 spiro atoms. The standard InChI is InChI=1S/C30H29NO9S/c1-18-24(41(36,37)20-10-8-7-9-11-20)17-22(26(33)39-6)30(18)21-16-19(13-15-25(32)38-5)12-14-23(21)31(27(30)34)28(35)40-29(2,3)4/h7-17H,1-6H3/b15-13+/t30-/m1/s1. The highest BCUT2D eigenvalue weighted by Crippen LogP contribution is 2.56. The van der Waals surface area contributed by atoms with Gasteiger partial charge in [-0.1, -0.05) is 24.3 Å². The smallest absolute Gasteiger partial charge is 0.421 e. The molecule has 0 bridgehead atoms. The van der Waals surface area contributed by atoms with E-state index in [1.165, 1.54) is 44.4 Å². The van der Waals surface area contributed by atoms with Gasteiger partial charge in [0.15, 0.2) is 0 Å². The van der Waals surface area contributed by atoms with E-state index in [1.807, 2.05) is 0 Å². The number of carbonyl (C=O) groups is 4. The van der Waals surface area contributed by atoms with Crippen LogP contribution in [0, 0.1) is 0 Å². The summed E-state index contributed by atoms with van der Waals surface area (Å²) in [5.41, 5.74) is -2.62. The third kappa shape index (κ3) is 4.86. The van der Waals surface area contributed by atoms with Crippen LogP contribution in [0.2, 0.25) is 0 Å². The van der Waals surface area contributed by atoms with Gasteiger partial charge in [0.2, 0.25) is 9.84 Å². The molecule has 11 heteroatoms. The van der Waals surface area contributed by atoms with E-state index >= 15 is 0 Å². The van der Waals surface area contributed by atoms with Crippen molar-refractivity contribution in [1.82, 2.24) is 0 Å². The number of rotatable bonds is 5. The van der Waals surface area contributed by atoms with Crippen LogP contribution in [-0.4, -0.2) is 52.2 Å². The van der Waals surface area contributed by atoms with Gasteiger partial charge in [-0.2, -0.15) is 0 Å². The second-order valence-corrected chi connectivity index (χ2v) is 12.3. The maximum absolute atomic E-state index is 14.4. The predicted molar refractivity (Wildman–Crippen MR) is 149 cm³/mol. The van der Waals surface area contributed by atoms with Crippen LogP contribution in [0.5, 0.6) is 0 Å². The van der Waals surface area contributed by atoms with Gasteiger partial charge in [-0.3, -0.25) is 4.79 Å². The number of methoxy groups -OCH3 is 2. The highest BCUT2D eigenvalue weighted by molar-refractivity contribution is 7.95. The van der Waals surface area contributed by atoms with Gasteiger partial charge in [0, 0.05) is 11.6 Å². The minimum absolute atomic E-state index is 0.00755. The fourth-order valence-corrected chi connectivity index (χ4v) is 6.55. The number of anilines is 1. The molecule has 2 amide bonds. The molecule has 0 unspecified atom stereocenters. The molecule has 2 aromatic carbocycles. The monoisotopic (exact) mass is 579 g/mol. The van der Waals surface area contributed by atoms with Crippen LogP contribution in [0.15, 0.2) is 81.6 Å². The Morgan fingerprint density at radius 1 is 0.976 bits per heavy atom. The lowest BCUT2D eigenvalue weighted by atomic mass is 9.72. The molecule has 10 nitrogen and oxygen atoms in total. The fourth-order valence-electron chi connectivity index (χ4n) is 4.95. The van der Waals surface area contributed by atoms with Crippen molar-refractivity contribution in [2.24, 2.45) is 0 Å². The molecular weight excluding hydrogens is 550 g/mol. The van der Waals surface area contributed by atoms with Crippen molar-refractivity contribution >= 4 is 45.5 Å². The van der Waals surface area contributed by atoms with Crippen molar-refractivity contribution in [3.63, 3.8) is 0 Å². The summed E-state index contributed by atoms with van der Waals surface area (Å²) in [6.07, 6.45) is 2.71. The van der Waals surface area contributed by atoms with Gasteiger partial charge in [-0.25, -0.2) is 27.7 Å². The molecule has 0 saturated heterocycles. The topological polar surface area (TPSA) is 133 Å². The van der Waals surface area contributed by atoms with Crippen molar-refractivity contribution < 1.29 is 41.8 Å². The minimum atomic E-state index is -4.22. The Labute approximate surface area is 237 Å². The average molecular weight is 580 g/mol. The Bertz CT molecular complexity index is 1660. The zero-order valence-electron chi connectivity index (χ0n) is 23.4. The number of fused-ring (bicyclic) bond motifs is 2. The van der Waals surface area contributed by atoms with Crippen molar-refractivity contribution in [2.45, 2.75) is 43.6 Å². The van der Waals surface area contributed by atoms with Gasteiger partial charge >= 0.3 is 18.0 Å². The van der Waals surface area contributed by atoms with Gasteiger partial charge in [-0.15, -0.1) is 0 Å². The van der Waals surface area contributed by atoms with Gasteiger partial charge in [-0.05, 0) is 75.2 Å². The van der Waals surface area contributed by atoms with Gasteiger partial charge in [0.1, 0.15) is 11.0 Å². The normalized spacial score (nSPS) is 18.5. The number of amides is 2. The Morgan fingerprint density at radius 3 is 2.22 bits per heavy atom. The predicted octanol–water partition coefficient (Wildman–Crippen LogP) is 4.25. The van der Waals surface area contributed by atoms with E-state index in [9.17, 15) is 27.6 Å². The number of sulfone groups is 1. The molecule has 1 aliphatic heterocycles. The van der Waals surface area contributed by atoms with Crippen LogP contribution in [0.1, 0.15) is 38.8 Å². The number of benzene rings is 2. The zero-order chi connectivity index (χ0) is 30.3. The number of imide groups is 1. The first-order valence-corrected chi connectivity index (χ1v) is 14.0. The second-order valence-electron chi connectivity index (χ2n) is 10.4. The van der Waals surface area contributed by atoms with Crippen molar-refractivity contribution in [3.05, 3.63) is 87.9 Å². The first-order chi connectivity index (χ1) is 19.2. The number of ether oxygens (including phenoxy) is 3. The molecule has 0 N–H and O–H groups in total. The van der Waals surface area contributed by atoms with Crippen LogP contribution in [0.3, 0.4) is 0 Å². The molecule has 0 fully saturated rings. The van der Waals surface area contributed by atoms with Crippen molar-refractivity contribution in [3.8, 4) is 0 Å². The lowest BCUT2D eigenvalue weighted by molar-refractivity contribution is -0.138. The molecule has 0 saturated carbocycles. The highest BCUT2D eigenvalue weighted by atomic mass is 32.2. The summed E-state index contributed by atoms with van der Waals surface area (Å²) < 4.78 is 42.8. The average Bonchev–Trinajstić information content (AvgIpc) is 3.38. The molecule has 0 aromatic heterocycles. The Balaban J connectivity index is 2.06. The van der Waals surface area contributed by atoms with Crippen LogP contribution >= 0.6 is 0 Å². The number of esters is 2. The number of hydrogen-bond acceptors (Lipinski definition) is 9. The Hall–Kier alpha value is -4.51. The molecule has 41 heavy (non-hydrogen) atoms. The molecule has 1 heterocycles. The van der Waals surface area contributed by atoms with E-state index in [1.54, 1.807) is 45.0 Å². The van der Waals surface area contributed by atoms with E-state index in [0.717, 1.165) is 24.2 Å². The highest BCUT2D eigenvalue weighted by Gasteiger charge is 2.62. The molecule has 2 aliphatic rings. The van der Waals surface area contributed by atoms with E-state index < -0.39 is 44.8 Å². The molecule has 4 rings (SSSR count). The van der Waals surface area contributed by atoms with Crippen LogP contribution < -0.4 is 4.90 Å². The van der Waals surface area contributed by atoms with Gasteiger partial charge in [0.25, 0.3) is 5.91 Å². The number of nitrogens with zero attached hydrogens (tertiary/aromatic N) is 1.